The fraction of sp³-hybridized carbons (Fsp3) is 0.611. The van der Waals surface area contributed by atoms with Crippen molar-refractivity contribution in [1.82, 2.24) is 5.32 Å². The Morgan fingerprint density at radius 1 is 1.10 bits per heavy atom. The molecule has 0 heterocycles. The van der Waals surface area contributed by atoms with Crippen LogP contribution in [0.15, 0.2) is 24.3 Å². The first-order chi connectivity index (χ1) is 9.65. The first-order valence-electron chi connectivity index (χ1n) is 7.65. The quantitative estimate of drug-likeness (QED) is 0.842. The minimum Gasteiger partial charge on any atom is -0.396 e. The van der Waals surface area contributed by atoms with Gasteiger partial charge in [0.25, 0.3) is 5.91 Å². The molecular formula is C18H29NO2. The predicted octanol–water partition coefficient (Wildman–Crippen LogP) is 3.51. The molecule has 0 saturated heterocycles. The molecule has 1 amide bonds. The lowest BCUT2D eigenvalue weighted by atomic mass is 9.86. The molecule has 1 aromatic carbocycles. The van der Waals surface area contributed by atoms with Crippen molar-refractivity contribution >= 4 is 5.91 Å². The van der Waals surface area contributed by atoms with Gasteiger partial charge < -0.3 is 10.4 Å². The summed E-state index contributed by atoms with van der Waals surface area (Å²) < 4.78 is 0. The van der Waals surface area contributed by atoms with Crippen LogP contribution in [0.1, 0.15) is 63.4 Å². The predicted molar refractivity (Wildman–Crippen MR) is 87.6 cm³/mol. The Morgan fingerprint density at radius 2 is 1.67 bits per heavy atom. The van der Waals surface area contributed by atoms with E-state index >= 15 is 0 Å². The zero-order valence-corrected chi connectivity index (χ0v) is 14.0. The van der Waals surface area contributed by atoms with Crippen LogP contribution in [0.3, 0.4) is 0 Å². The van der Waals surface area contributed by atoms with Crippen LogP contribution >= 0.6 is 0 Å². The summed E-state index contributed by atoms with van der Waals surface area (Å²) in [6, 6.07) is 7.81. The topological polar surface area (TPSA) is 49.3 Å². The SMILES string of the molecule is CC(C)(CCCO)CNC(=O)c1ccc(C(C)(C)C)cc1. The normalized spacial score (nSPS) is 12.3. The van der Waals surface area contributed by atoms with Gasteiger partial charge in [-0.05, 0) is 41.4 Å². The van der Waals surface area contributed by atoms with Crippen molar-refractivity contribution in [1.29, 1.82) is 0 Å². The van der Waals surface area contributed by atoms with Gasteiger partial charge in [0.15, 0.2) is 0 Å². The van der Waals surface area contributed by atoms with Crippen LogP contribution in [0.2, 0.25) is 0 Å². The zero-order chi connectivity index (χ0) is 16.1. The van der Waals surface area contributed by atoms with Gasteiger partial charge >= 0.3 is 0 Å². The first-order valence-corrected chi connectivity index (χ1v) is 7.65. The van der Waals surface area contributed by atoms with E-state index in [4.69, 9.17) is 5.11 Å². The summed E-state index contributed by atoms with van der Waals surface area (Å²) >= 11 is 0. The standard InChI is InChI=1S/C18H29NO2/c1-17(2,3)15-9-7-14(8-10-15)16(21)19-13-18(4,5)11-6-12-20/h7-10,20H,6,11-13H2,1-5H3,(H,19,21). The van der Waals surface area contributed by atoms with Crippen molar-refractivity contribution in [3.8, 4) is 0 Å². The maximum Gasteiger partial charge on any atom is 0.251 e. The highest BCUT2D eigenvalue weighted by atomic mass is 16.2. The highest BCUT2D eigenvalue weighted by Gasteiger charge is 2.19. The molecule has 1 rings (SSSR count). The second kappa shape index (κ2) is 7.08. The molecule has 21 heavy (non-hydrogen) atoms. The van der Waals surface area contributed by atoms with E-state index in [2.05, 4.69) is 39.9 Å². The van der Waals surface area contributed by atoms with E-state index in [-0.39, 0.29) is 23.3 Å². The maximum atomic E-state index is 12.2. The van der Waals surface area contributed by atoms with Crippen LogP contribution in [-0.2, 0) is 5.41 Å². The Labute approximate surface area is 128 Å². The molecule has 0 spiro atoms. The monoisotopic (exact) mass is 291 g/mol. The molecule has 0 aliphatic rings. The number of hydrogen-bond donors (Lipinski definition) is 2. The molecule has 0 fully saturated rings. The smallest absolute Gasteiger partial charge is 0.251 e. The third-order valence-electron chi connectivity index (χ3n) is 3.75. The number of nitrogens with one attached hydrogen (secondary N) is 1. The average Bonchev–Trinajstić information content (AvgIpc) is 2.42. The molecule has 0 atom stereocenters. The van der Waals surface area contributed by atoms with Gasteiger partial charge in [-0.1, -0.05) is 46.8 Å². The maximum absolute atomic E-state index is 12.2. The highest BCUT2D eigenvalue weighted by molar-refractivity contribution is 5.94. The lowest BCUT2D eigenvalue weighted by Gasteiger charge is -2.24. The number of carbonyl (C=O) groups excluding carboxylic acids is 1. The molecule has 3 heteroatoms. The fourth-order valence-electron chi connectivity index (χ4n) is 2.19. The molecule has 0 radical (unpaired) electrons. The van der Waals surface area contributed by atoms with Crippen molar-refractivity contribution in [3.05, 3.63) is 35.4 Å². The molecule has 1 aromatic rings. The number of rotatable bonds is 6. The van der Waals surface area contributed by atoms with Gasteiger partial charge in [0.2, 0.25) is 0 Å². The van der Waals surface area contributed by atoms with E-state index in [1.165, 1.54) is 5.56 Å². The summed E-state index contributed by atoms with van der Waals surface area (Å²) in [5.41, 5.74) is 2.02. The highest BCUT2D eigenvalue weighted by Crippen LogP contribution is 2.23. The number of benzene rings is 1. The summed E-state index contributed by atoms with van der Waals surface area (Å²) in [6.45, 7) is 11.5. The Hall–Kier alpha value is -1.35. The molecule has 0 saturated carbocycles. The van der Waals surface area contributed by atoms with Gasteiger partial charge in [-0.25, -0.2) is 0 Å². The summed E-state index contributed by atoms with van der Waals surface area (Å²) in [5.74, 6) is -0.0347. The van der Waals surface area contributed by atoms with Gasteiger partial charge in [-0.2, -0.15) is 0 Å². The van der Waals surface area contributed by atoms with E-state index < -0.39 is 0 Å². The molecule has 0 aliphatic carbocycles. The van der Waals surface area contributed by atoms with Crippen LogP contribution in [0, 0.1) is 5.41 Å². The molecule has 0 aromatic heterocycles. The zero-order valence-electron chi connectivity index (χ0n) is 14.0. The van der Waals surface area contributed by atoms with Crippen molar-refractivity contribution in [2.75, 3.05) is 13.2 Å². The van der Waals surface area contributed by atoms with E-state index in [1.54, 1.807) is 0 Å². The molecule has 0 unspecified atom stereocenters. The van der Waals surface area contributed by atoms with Crippen molar-refractivity contribution in [3.63, 3.8) is 0 Å². The molecule has 2 N–H and O–H groups in total. The summed E-state index contributed by atoms with van der Waals surface area (Å²) in [6.07, 6.45) is 1.66. The summed E-state index contributed by atoms with van der Waals surface area (Å²) in [5, 5.41) is 11.9. The third-order valence-corrected chi connectivity index (χ3v) is 3.75. The number of carbonyl (C=O) groups is 1. The van der Waals surface area contributed by atoms with Crippen molar-refractivity contribution in [2.24, 2.45) is 5.41 Å². The Morgan fingerprint density at radius 3 is 2.14 bits per heavy atom. The van der Waals surface area contributed by atoms with Crippen molar-refractivity contribution in [2.45, 2.75) is 52.9 Å². The average molecular weight is 291 g/mol. The molecular weight excluding hydrogens is 262 g/mol. The lowest BCUT2D eigenvalue weighted by molar-refractivity contribution is 0.0933. The molecule has 118 valence electrons. The molecule has 0 bridgehead atoms. The first kappa shape index (κ1) is 17.7. The number of aliphatic hydroxyl groups is 1. The van der Waals surface area contributed by atoms with Gasteiger partial charge in [0.05, 0.1) is 0 Å². The van der Waals surface area contributed by atoms with Gasteiger partial charge in [-0.3, -0.25) is 4.79 Å². The third kappa shape index (κ3) is 5.88. The molecule has 3 nitrogen and oxygen atoms in total. The Kier molecular flexibility index (Phi) is 5.97. The summed E-state index contributed by atoms with van der Waals surface area (Å²) in [7, 11) is 0. The van der Waals surface area contributed by atoms with E-state index in [0.717, 1.165) is 12.8 Å². The fourth-order valence-corrected chi connectivity index (χ4v) is 2.19. The number of aliphatic hydroxyl groups excluding tert-OH is 1. The number of amides is 1. The molecule has 0 aliphatic heterocycles. The number of hydrogen-bond acceptors (Lipinski definition) is 2. The van der Waals surface area contributed by atoms with Crippen LogP contribution < -0.4 is 5.32 Å². The van der Waals surface area contributed by atoms with Gasteiger partial charge in [0.1, 0.15) is 0 Å². The lowest BCUT2D eigenvalue weighted by Crippen LogP contribution is -2.34. The van der Waals surface area contributed by atoms with E-state index in [0.29, 0.717) is 12.1 Å². The van der Waals surface area contributed by atoms with Crippen LogP contribution in [0.4, 0.5) is 0 Å². The van der Waals surface area contributed by atoms with E-state index in [1.807, 2.05) is 24.3 Å². The largest absolute Gasteiger partial charge is 0.396 e. The minimum absolute atomic E-state index is 0.00371. The van der Waals surface area contributed by atoms with Gasteiger partial charge in [0, 0.05) is 18.7 Å². The second-order valence-electron chi connectivity index (χ2n) is 7.50. The summed E-state index contributed by atoms with van der Waals surface area (Å²) in [4.78, 5) is 12.2. The van der Waals surface area contributed by atoms with Crippen molar-refractivity contribution < 1.29 is 9.90 Å². The van der Waals surface area contributed by atoms with Crippen LogP contribution in [-0.4, -0.2) is 24.2 Å². The second-order valence-corrected chi connectivity index (χ2v) is 7.50. The minimum atomic E-state index is -0.0347. The Balaban J connectivity index is 2.60. The van der Waals surface area contributed by atoms with Crippen LogP contribution in [0.5, 0.6) is 0 Å². The Bertz CT molecular complexity index is 455. The van der Waals surface area contributed by atoms with Crippen LogP contribution in [0.25, 0.3) is 0 Å². The van der Waals surface area contributed by atoms with E-state index in [9.17, 15) is 4.79 Å². The van der Waals surface area contributed by atoms with Gasteiger partial charge in [-0.15, -0.1) is 0 Å².